The van der Waals surface area contributed by atoms with Gasteiger partial charge in [-0.05, 0) is 31.0 Å². The van der Waals surface area contributed by atoms with Crippen LogP contribution < -0.4 is 11.1 Å². The molecule has 4 N–H and O–H groups in total. The van der Waals surface area contributed by atoms with Crippen molar-refractivity contribution in [2.24, 2.45) is 0 Å². The van der Waals surface area contributed by atoms with Gasteiger partial charge in [-0.2, -0.15) is 0 Å². The van der Waals surface area contributed by atoms with Gasteiger partial charge in [0, 0.05) is 5.69 Å². The zero-order chi connectivity index (χ0) is 13.1. The van der Waals surface area contributed by atoms with Gasteiger partial charge in [0.2, 0.25) is 0 Å². The van der Waals surface area contributed by atoms with Crippen molar-refractivity contribution in [1.82, 2.24) is 5.32 Å². The van der Waals surface area contributed by atoms with Crippen LogP contribution in [0.15, 0.2) is 18.2 Å². The Bertz CT molecular complexity index is 451. The molecule has 1 aliphatic rings. The summed E-state index contributed by atoms with van der Waals surface area (Å²) in [5, 5.41) is 12.5. The van der Waals surface area contributed by atoms with Crippen molar-refractivity contribution in [3.05, 3.63) is 29.6 Å². The van der Waals surface area contributed by atoms with Crippen molar-refractivity contribution in [3.8, 4) is 0 Å². The van der Waals surface area contributed by atoms with Crippen molar-refractivity contribution in [2.75, 3.05) is 5.73 Å². The number of nitrogen functional groups attached to an aromatic ring is 1. The summed E-state index contributed by atoms with van der Waals surface area (Å²) >= 11 is 0. The summed E-state index contributed by atoms with van der Waals surface area (Å²) < 4.78 is 13.1. The van der Waals surface area contributed by atoms with Crippen LogP contribution in [0, 0.1) is 5.82 Å². The summed E-state index contributed by atoms with van der Waals surface area (Å²) in [5.74, 6) is -0.934. The number of carbonyl (C=O) groups excluding carboxylic acids is 1. The molecule has 0 aliphatic heterocycles. The number of anilines is 1. The predicted octanol–water partition coefficient (Wildman–Crippen LogP) is 1.44. The van der Waals surface area contributed by atoms with Crippen LogP contribution in [-0.4, -0.2) is 23.2 Å². The second-order valence-corrected chi connectivity index (χ2v) is 4.66. The summed E-state index contributed by atoms with van der Waals surface area (Å²) in [4.78, 5) is 12.0. The Kier molecular flexibility index (Phi) is 3.81. The average molecular weight is 252 g/mol. The highest BCUT2D eigenvalue weighted by molar-refractivity contribution is 5.99. The Morgan fingerprint density at radius 1 is 1.39 bits per heavy atom. The molecule has 1 amide bonds. The lowest BCUT2D eigenvalue weighted by Gasteiger charge is -2.28. The van der Waals surface area contributed by atoms with Crippen LogP contribution >= 0.6 is 0 Å². The Morgan fingerprint density at radius 3 is 2.83 bits per heavy atom. The third-order valence-corrected chi connectivity index (χ3v) is 3.31. The monoisotopic (exact) mass is 252 g/mol. The molecule has 1 aliphatic carbocycles. The van der Waals surface area contributed by atoms with Gasteiger partial charge in [0.25, 0.3) is 5.91 Å². The second kappa shape index (κ2) is 5.35. The van der Waals surface area contributed by atoms with Gasteiger partial charge in [0.1, 0.15) is 5.82 Å². The molecular weight excluding hydrogens is 235 g/mol. The van der Waals surface area contributed by atoms with Crippen molar-refractivity contribution < 1.29 is 14.3 Å². The fraction of sp³-hybridized carbons (Fsp3) is 0.462. The zero-order valence-corrected chi connectivity index (χ0v) is 10.0. The lowest BCUT2D eigenvalue weighted by atomic mass is 9.92. The summed E-state index contributed by atoms with van der Waals surface area (Å²) in [6.07, 6.45) is 2.83. The number of hydrogen-bond donors (Lipinski definition) is 3. The van der Waals surface area contributed by atoms with E-state index >= 15 is 0 Å². The largest absolute Gasteiger partial charge is 0.398 e. The minimum absolute atomic E-state index is 0.118. The van der Waals surface area contributed by atoms with Crippen LogP contribution in [0.1, 0.15) is 36.0 Å². The third kappa shape index (κ3) is 2.79. The Labute approximate surface area is 105 Å². The topological polar surface area (TPSA) is 75.4 Å². The number of benzene rings is 1. The van der Waals surface area contributed by atoms with E-state index in [9.17, 15) is 14.3 Å². The maximum atomic E-state index is 13.1. The van der Waals surface area contributed by atoms with E-state index < -0.39 is 17.8 Å². The van der Waals surface area contributed by atoms with E-state index in [0.717, 1.165) is 25.3 Å². The van der Waals surface area contributed by atoms with E-state index in [-0.39, 0.29) is 17.3 Å². The molecule has 4 nitrogen and oxygen atoms in total. The van der Waals surface area contributed by atoms with Gasteiger partial charge in [-0.3, -0.25) is 4.79 Å². The summed E-state index contributed by atoms with van der Waals surface area (Å²) in [6, 6.07) is 3.41. The molecule has 18 heavy (non-hydrogen) atoms. The van der Waals surface area contributed by atoms with Gasteiger partial charge in [0.05, 0.1) is 17.7 Å². The van der Waals surface area contributed by atoms with Crippen LogP contribution in [0.2, 0.25) is 0 Å². The van der Waals surface area contributed by atoms with Crippen LogP contribution in [0.4, 0.5) is 10.1 Å². The van der Waals surface area contributed by atoms with E-state index in [0.29, 0.717) is 6.42 Å². The first kappa shape index (κ1) is 12.8. The van der Waals surface area contributed by atoms with Crippen molar-refractivity contribution in [3.63, 3.8) is 0 Å². The van der Waals surface area contributed by atoms with Crippen LogP contribution in [0.25, 0.3) is 0 Å². The van der Waals surface area contributed by atoms with Gasteiger partial charge in [-0.15, -0.1) is 0 Å². The first-order valence-electron chi connectivity index (χ1n) is 6.12. The normalized spacial score (nSPS) is 23.7. The highest BCUT2D eigenvalue weighted by atomic mass is 19.1. The third-order valence-electron chi connectivity index (χ3n) is 3.31. The molecule has 0 aromatic heterocycles. The van der Waals surface area contributed by atoms with E-state index in [4.69, 9.17) is 5.73 Å². The molecule has 0 radical (unpaired) electrons. The fourth-order valence-electron chi connectivity index (χ4n) is 2.25. The molecular formula is C13H17FN2O2. The average Bonchev–Trinajstić information content (AvgIpc) is 2.35. The number of hydrogen-bond acceptors (Lipinski definition) is 3. The Balaban J connectivity index is 2.09. The number of halogens is 1. The minimum atomic E-state index is -0.530. The Morgan fingerprint density at radius 2 is 2.11 bits per heavy atom. The van der Waals surface area contributed by atoms with Crippen LogP contribution in [-0.2, 0) is 0 Å². The molecule has 98 valence electrons. The first-order chi connectivity index (χ1) is 8.58. The first-order valence-corrected chi connectivity index (χ1v) is 6.12. The zero-order valence-electron chi connectivity index (χ0n) is 10.0. The van der Waals surface area contributed by atoms with Gasteiger partial charge in [-0.1, -0.05) is 12.8 Å². The molecule has 1 fully saturated rings. The summed E-state index contributed by atoms with van der Waals surface area (Å²) in [6.45, 7) is 0. The molecule has 2 rings (SSSR count). The minimum Gasteiger partial charge on any atom is -0.398 e. The van der Waals surface area contributed by atoms with E-state index in [1.165, 1.54) is 12.1 Å². The fourth-order valence-corrected chi connectivity index (χ4v) is 2.25. The SMILES string of the molecule is Nc1ccc(F)cc1C(=O)N[C@H]1CCCC[C@@H]1O. The highest BCUT2D eigenvalue weighted by Crippen LogP contribution is 2.20. The van der Waals surface area contributed by atoms with Gasteiger partial charge in [0.15, 0.2) is 0 Å². The molecule has 0 heterocycles. The number of aliphatic hydroxyl groups excluding tert-OH is 1. The second-order valence-electron chi connectivity index (χ2n) is 4.66. The number of rotatable bonds is 2. The molecule has 1 aromatic rings. The van der Waals surface area contributed by atoms with E-state index in [1.807, 2.05) is 0 Å². The van der Waals surface area contributed by atoms with Gasteiger partial charge >= 0.3 is 0 Å². The molecule has 0 bridgehead atoms. The van der Waals surface area contributed by atoms with E-state index in [2.05, 4.69) is 5.32 Å². The smallest absolute Gasteiger partial charge is 0.253 e. The van der Waals surface area contributed by atoms with Crippen LogP contribution in [0.5, 0.6) is 0 Å². The van der Waals surface area contributed by atoms with Gasteiger partial charge in [-0.25, -0.2) is 4.39 Å². The van der Waals surface area contributed by atoms with Crippen molar-refractivity contribution >= 4 is 11.6 Å². The maximum absolute atomic E-state index is 13.1. The molecule has 1 aromatic carbocycles. The number of nitrogens with two attached hydrogens (primary N) is 1. The number of nitrogens with one attached hydrogen (secondary N) is 1. The van der Waals surface area contributed by atoms with Crippen LogP contribution in [0.3, 0.4) is 0 Å². The number of carbonyl (C=O) groups is 1. The number of aliphatic hydroxyl groups is 1. The molecule has 0 spiro atoms. The van der Waals surface area contributed by atoms with Gasteiger partial charge < -0.3 is 16.2 Å². The quantitative estimate of drug-likeness (QED) is 0.697. The maximum Gasteiger partial charge on any atom is 0.253 e. The van der Waals surface area contributed by atoms with Crippen molar-refractivity contribution in [2.45, 2.75) is 37.8 Å². The van der Waals surface area contributed by atoms with E-state index in [1.54, 1.807) is 0 Å². The molecule has 0 saturated heterocycles. The summed E-state index contributed by atoms with van der Waals surface area (Å²) in [5.41, 5.74) is 5.99. The number of amides is 1. The molecule has 1 saturated carbocycles. The molecule has 0 unspecified atom stereocenters. The lowest BCUT2D eigenvalue weighted by molar-refractivity contribution is 0.0717. The predicted molar refractivity (Wildman–Crippen MR) is 66.5 cm³/mol. The van der Waals surface area contributed by atoms with Crippen molar-refractivity contribution in [1.29, 1.82) is 0 Å². The summed E-state index contributed by atoms with van der Waals surface area (Å²) in [7, 11) is 0. The molecule has 5 heteroatoms. The Hall–Kier alpha value is -1.62. The highest BCUT2D eigenvalue weighted by Gasteiger charge is 2.25. The standard InChI is InChI=1S/C13H17FN2O2/c14-8-5-6-10(15)9(7-8)13(18)16-11-3-1-2-4-12(11)17/h5-7,11-12,17H,1-4,15H2,(H,16,18)/t11-,12-/m0/s1. The molecule has 2 atom stereocenters. The lowest BCUT2D eigenvalue weighted by Crippen LogP contribution is -2.45.